The van der Waals surface area contributed by atoms with Gasteiger partial charge in [-0.1, -0.05) is 72.8 Å². The highest BCUT2D eigenvalue weighted by molar-refractivity contribution is 6.17. The Morgan fingerprint density at radius 2 is 1.58 bits per heavy atom. The van der Waals surface area contributed by atoms with Crippen molar-refractivity contribution < 1.29 is 9.90 Å². The molecule has 0 aliphatic carbocycles. The molecule has 0 radical (unpaired) electrons. The van der Waals surface area contributed by atoms with Crippen molar-refractivity contribution in [3.05, 3.63) is 114 Å². The van der Waals surface area contributed by atoms with Gasteiger partial charge >= 0.3 is 6.03 Å². The largest absolute Gasteiger partial charge is 0.508 e. The van der Waals surface area contributed by atoms with E-state index in [1.54, 1.807) is 17.1 Å². The number of benzene rings is 4. The Labute approximate surface area is 229 Å². The Kier molecular flexibility index (Phi) is 8.79. The summed E-state index contributed by atoms with van der Waals surface area (Å²) < 4.78 is 0. The number of para-hydroxylation sites is 1. The smallest absolute Gasteiger partial charge is 0.345 e. The van der Waals surface area contributed by atoms with Crippen molar-refractivity contribution in [3.63, 3.8) is 0 Å². The summed E-state index contributed by atoms with van der Waals surface area (Å²) in [4.78, 5) is 15.7. The summed E-state index contributed by atoms with van der Waals surface area (Å²) in [7, 11) is 0. The highest BCUT2D eigenvalue weighted by Crippen LogP contribution is 2.29. The molecule has 1 aliphatic rings. The van der Waals surface area contributed by atoms with Gasteiger partial charge in [0.15, 0.2) is 0 Å². The van der Waals surface area contributed by atoms with E-state index in [9.17, 15) is 9.90 Å². The predicted molar refractivity (Wildman–Crippen MR) is 158 cm³/mol. The fraction of sp³-hybridized carbons (Fsp3) is 0.161. The maximum Gasteiger partial charge on any atom is 0.345 e. The number of nitrogens with two attached hydrogens (primary N) is 1. The fourth-order valence-electron chi connectivity index (χ4n) is 4.50. The van der Waals surface area contributed by atoms with Crippen molar-refractivity contribution >= 4 is 46.7 Å². The molecule has 4 aromatic rings. The summed E-state index contributed by atoms with van der Waals surface area (Å²) in [5.74, 6) is 0.218. The van der Waals surface area contributed by atoms with Crippen LogP contribution >= 0.6 is 12.4 Å². The predicted octanol–water partition coefficient (Wildman–Crippen LogP) is 6.57. The molecule has 0 unspecified atom stereocenters. The summed E-state index contributed by atoms with van der Waals surface area (Å²) in [6.07, 6.45) is 5.45. The van der Waals surface area contributed by atoms with E-state index >= 15 is 0 Å². The number of halogens is 1. The van der Waals surface area contributed by atoms with E-state index in [1.165, 1.54) is 5.39 Å². The number of carbonyl (C=O) groups excluding carboxylic acids is 1. The molecule has 2 amide bonds. The molecule has 0 spiro atoms. The summed E-state index contributed by atoms with van der Waals surface area (Å²) >= 11 is 0. The average molecular weight is 527 g/mol. The Morgan fingerprint density at radius 1 is 0.842 bits per heavy atom. The van der Waals surface area contributed by atoms with Gasteiger partial charge in [-0.15, -0.1) is 12.4 Å². The molecule has 0 bridgehead atoms. The number of amides is 2. The third-order valence-corrected chi connectivity index (χ3v) is 6.46. The zero-order valence-electron chi connectivity index (χ0n) is 21.0. The number of aromatic hydroxyl groups is 1. The first kappa shape index (κ1) is 26.9. The summed E-state index contributed by atoms with van der Waals surface area (Å²) in [5, 5.41) is 18.3. The molecular weight excluding hydrogens is 496 g/mol. The van der Waals surface area contributed by atoms with Gasteiger partial charge in [0.1, 0.15) is 5.75 Å². The Bertz CT molecular complexity index is 1470. The van der Waals surface area contributed by atoms with Crippen LogP contribution in [0.2, 0.25) is 0 Å². The number of hydrogen-bond acceptors (Lipinski definition) is 4. The molecule has 1 heterocycles. The van der Waals surface area contributed by atoms with Crippen molar-refractivity contribution in [1.29, 1.82) is 0 Å². The molecule has 0 atom stereocenters. The lowest BCUT2D eigenvalue weighted by atomic mass is 10.0. The monoisotopic (exact) mass is 526 g/mol. The van der Waals surface area contributed by atoms with E-state index in [-0.39, 0.29) is 24.2 Å². The third-order valence-electron chi connectivity index (χ3n) is 6.46. The van der Waals surface area contributed by atoms with Crippen LogP contribution in [0.3, 0.4) is 0 Å². The van der Waals surface area contributed by atoms with Gasteiger partial charge in [0, 0.05) is 12.1 Å². The highest BCUT2D eigenvalue weighted by Gasteiger charge is 2.29. The van der Waals surface area contributed by atoms with Gasteiger partial charge in [0.2, 0.25) is 0 Å². The number of phenolic OH excluding ortho intramolecular Hbond substituents is 1. The van der Waals surface area contributed by atoms with E-state index in [0.29, 0.717) is 25.3 Å². The van der Waals surface area contributed by atoms with E-state index in [1.807, 2.05) is 65.6 Å². The molecule has 194 valence electrons. The molecule has 1 aliphatic heterocycles. The number of rotatable bonds is 8. The second-order valence-electron chi connectivity index (χ2n) is 9.10. The first-order valence-electron chi connectivity index (χ1n) is 12.5. The second-order valence-corrected chi connectivity index (χ2v) is 9.10. The minimum atomic E-state index is -0.161. The number of urea groups is 1. The molecular formula is C31H31ClN4O2. The van der Waals surface area contributed by atoms with Crippen LogP contribution < -0.4 is 10.6 Å². The second kappa shape index (κ2) is 12.4. The van der Waals surface area contributed by atoms with Gasteiger partial charge in [-0.3, -0.25) is 4.90 Å². The van der Waals surface area contributed by atoms with Gasteiger partial charge in [0.25, 0.3) is 0 Å². The van der Waals surface area contributed by atoms with Crippen molar-refractivity contribution in [3.8, 4) is 5.75 Å². The van der Waals surface area contributed by atoms with Crippen LogP contribution in [0.15, 0.2) is 102 Å². The van der Waals surface area contributed by atoms with E-state index < -0.39 is 0 Å². The summed E-state index contributed by atoms with van der Waals surface area (Å²) in [6, 6.07) is 29.2. The molecule has 0 saturated carbocycles. The van der Waals surface area contributed by atoms with Gasteiger partial charge in [-0.05, 0) is 71.6 Å². The molecule has 4 aromatic carbocycles. The third kappa shape index (κ3) is 6.05. The standard InChI is InChI=1S/C31H30N4O2.ClH/c32-19-5-6-20-35-31(37)34(22-24-11-15-25-7-1-2-8-26(25)21-24)30-10-4-3-9-28(30)29(33-35)18-14-23-12-16-27(36)17-13-23;/h1-4,7-18,21,36H,5-6,19-20,22,32H2;1H/b18-14+;. The van der Waals surface area contributed by atoms with E-state index in [2.05, 4.69) is 30.3 Å². The van der Waals surface area contributed by atoms with Crippen LogP contribution in [-0.4, -0.2) is 34.9 Å². The van der Waals surface area contributed by atoms with Gasteiger partial charge in [-0.2, -0.15) is 5.10 Å². The first-order chi connectivity index (χ1) is 18.1. The number of fused-ring (bicyclic) bond motifs is 2. The Balaban J connectivity index is 0.00000336. The molecule has 6 nitrogen and oxygen atoms in total. The molecule has 0 fully saturated rings. The number of hydrazone groups is 1. The quantitative estimate of drug-likeness (QED) is 0.255. The number of allylic oxidation sites excluding steroid dienone is 1. The van der Waals surface area contributed by atoms with Crippen LogP contribution in [-0.2, 0) is 6.54 Å². The fourth-order valence-corrected chi connectivity index (χ4v) is 4.50. The zero-order valence-corrected chi connectivity index (χ0v) is 21.8. The van der Waals surface area contributed by atoms with Crippen molar-refractivity contribution in [2.75, 3.05) is 18.0 Å². The maximum absolute atomic E-state index is 13.9. The minimum Gasteiger partial charge on any atom is -0.508 e. The number of phenols is 1. The van der Waals surface area contributed by atoms with Crippen LogP contribution in [0.4, 0.5) is 10.5 Å². The lowest BCUT2D eigenvalue weighted by Gasteiger charge is -2.27. The van der Waals surface area contributed by atoms with Crippen LogP contribution in [0, 0.1) is 0 Å². The molecule has 38 heavy (non-hydrogen) atoms. The Morgan fingerprint density at radius 3 is 2.37 bits per heavy atom. The van der Waals surface area contributed by atoms with Gasteiger partial charge < -0.3 is 10.8 Å². The number of carbonyl (C=O) groups is 1. The van der Waals surface area contributed by atoms with E-state index in [4.69, 9.17) is 10.8 Å². The van der Waals surface area contributed by atoms with Crippen molar-refractivity contribution in [2.45, 2.75) is 19.4 Å². The number of anilines is 1. The number of hydrogen-bond donors (Lipinski definition) is 2. The normalized spacial score (nSPS) is 13.3. The topological polar surface area (TPSA) is 82.2 Å². The van der Waals surface area contributed by atoms with Crippen LogP contribution in [0.5, 0.6) is 5.75 Å². The lowest BCUT2D eigenvalue weighted by Crippen LogP contribution is -2.40. The van der Waals surface area contributed by atoms with Crippen LogP contribution in [0.1, 0.15) is 29.5 Å². The van der Waals surface area contributed by atoms with Crippen molar-refractivity contribution in [2.24, 2.45) is 10.8 Å². The average Bonchev–Trinajstić information content (AvgIpc) is 3.03. The minimum absolute atomic E-state index is 0. The molecule has 7 heteroatoms. The zero-order chi connectivity index (χ0) is 25.6. The number of nitrogens with zero attached hydrogens (tertiary/aromatic N) is 3. The molecule has 3 N–H and O–H groups in total. The molecule has 0 aromatic heterocycles. The number of unbranched alkanes of at least 4 members (excludes halogenated alkanes) is 1. The van der Waals surface area contributed by atoms with Crippen LogP contribution in [0.25, 0.3) is 16.8 Å². The lowest BCUT2D eigenvalue weighted by molar-refractivity contribution is 0.206. The van der Waals surface area contributed by atoms with E-state index in [0.717, 1.165) is 40.6 Å². The molecule has 5 rings (SSSR count). The van der Waals surface area contributed by atoms with Gasteiger partial charge in [-0.25, -0.2) is 9.80 Å². The molecule has 0 saturated heterocycles. The highest BCUT2D eigenvalue weighted by atomic mass is 35.5. The van der Waals surface area contributed by atoms with Crippen molar-refractivity contribution in [1.82, 2.24) is 5.01 Å². The Hall–Kier alpha value is -4.13. The van der Waals surface area contributed by atoms with Gasteiger partial charge in [0.05, 0.1) is 17.9 Å². The summed E-state index contributed by atoms with van der Waals surface area (Å²) in [6.45, 7) is 1.48. The summed E-state index contributed by atoms with van der Waals surface area (Å²) in [5.41, 5.74) is 10.1. The SMILES string of the molecule is Cl.NCCCCN1N=C(/C=C/c2ccc(O)cc2)c2ccccc2N(Cc2ccc3ccccc3c2)C1=O. The maximum atomic E-state index is 13.9. The first-order valence-corrected chi connectivity index (χ1v) is 12.5.